The molecule has 0 fully saturated rings. The van der Waals surface area contributed by atoms with Crippen LogP contribution >= 0.6 is 8.60 Å². The van der Waals surface area contributed by atoms with E-state index >= 15 is 0 Å². The average Bonchev–Trinajstić information content (AvgIpc) is 2.43. The maximum absolute atomic E-state index is 9.64. The highest BCUT2D eigenvalue weighted by Crippen LogP contribution is 2.35. The summed E-state index contributed by atoms with van der Waals surface area (Å²) in [4.78, 5) is 9.64. The van der Waals surface area contributed by atoms with Crippen LogP contribution in [0.4, 0.5) is 0 Å². The van der Waals surface area contributed by atoms with Crippen molar-refractivity contribution in [2.45, 2.75) is 97.5 Å². The van der Waals surface area contributed by atoms with Crippen molar-refractivity contribution in [3.63, 3.8) is 0 Å². The number of rotatable bonds is 15. The summed E-state index contributed by atoms with van der Waals surface area (Å²) in [5, 5.41) is 0. The second kappa shape index (κ2) is 15.7. The normalized spacial score (nSPS) is 14.4. The lowest BCUT2D eigenvalue weighted by atomic mass is 10.1. The van der Waals surface area contributed by atoms with Crippen molar-refractivity contribution >= 4 is 8.60 Å². The van der Waals surface area contributed by atoms with E-state index in [1.165, 1.54) is 44.9 Å². The molecule has 2 unspecified atom stereocenters. The molecule has 0 aromatic rings. The predicted molar refractivity (Wildman–Crippen MR) is 87.8 cm³/mol. The van der Waals surface area contributed by atoms with Crippen LogP contribution in [0.1, 0.15) is 91.4 Å². The maximum atomic E-state index is 9.64. The van der Waals surface area contributed by atoms with Crippen molar-refractivity contribution in [3.05, 3.63) is 0 Å². The summed E-state index contributed by atoms with van der Waals surface area (Å²) in [6, 6.07) is 0. The molecule has 0 spiro atoms. The van der Waals surface area contributed by atoms with E-state index in [1.807, 2.05) is 6.92 Å². The van der Waals surface area contributed by atoms with E-state index < -0.39 is 8.60 Å². The van der Waals surface area contributed by atoms with Crippen LogP contribution in [0.3, 0.4) is 0 Å². The number of hydrogen-bond donors (Lipinski definition) is 1. The van der Waals surface area contributed by atoms with Gasteiger partial charge in [0, 0.05) is 0 Å². The molecule has 0 amide bonds. The van der Waals surface area contributed by atoms with Crippen molar-refractivity contribution in [2.24, 2.45) is 0 Å². The molecule has 20 heavy (non-hydrogen) atoms. The summed E-state index contributed by atoms with van der Waals surface area (Å²) in [5.41, 5.74) is 0. The Labute approximate surface area is 127 Å². The van der Waals surface area contributed by atoms with Crippen LogP contribution in [-0.2, 0) is 9.05 Å². The smallest absolute Gasteiger partial charge is 0.328 e. The SMILES string of the molecule is CCCCCCCCCCOP(O)OC(C)CCCC. The third kappa shape index (κ3) is 14.7. The second-order valence-electron chi connectivity index (χ2n) is 5.60. The molecule has 0 heterocycles. The Hall–Kier alpha value is 0.310. The Morgan fingerprint density at radius 1 is 0.850 bits per heavy atom. The van der Waals surface area contributed by atoms with Gasteiger partial charge in [-0.3, -0.25) is 0 Å². The fraction of sp³-hybridized carbons (Fsp3) is 1.00. The Bertz CT molecular complexity index is 191. The molecule has 0 aliphatic carbocycles. The van der Waals surface area contributed by atoms with Gasteiger partial charge in [-0.25, -0.2) is 0 Å². The molecular formula is C16H35O3P. The van der Waals surface area contributed by atoms with E-state index in [2.05, 4.69) is 13.8 Å². The molecule has 0 bridgehead atoms. The molecule has 0 aromatic heterocycles. The van der Waals surface area contributed by atoms with E-state index in [9.17, 15) is 4.89 Å². The first-order valence-corrected chi connectivity index (χ1v) is 9.62. The third-order valence-corrected chi connectivity index (χ3v) is 4.38. The lowest BCUT2D eigenvalue weighted by molar-refractivity contribution is 0.145. The fourth-order valence-corrected chi connectivity index (χ4v) is 2.87. The quantitative estimate of drug-likeness (QED) is 0.300. The minimum Gasteiger partial charge on any atom is -0.328 e. The van der Waals surface area contributed by atoms with E-state index in [-0.39, 0.29) is 6.10 Å². The zero-order chi connectivity index (χ0) is 15.1. The van der Waals surface area contributed by atoms with Gasteiger partial charge >= 0.3 is 8.60 Å². The minimum atomic E-state index is -1.67. The lowest BCUT2D eigenvalue weighted by Crippen LogP contribution is -2.05. The molecule has 1 N–H and O–H groups in total. The zero-order valence-electron chi connectivity index (χ0n) is 13.8. The Morgan fingerprint density at radius 3 is 2.00 bits per heavy atom. The average molecular weight is 306 g/mol. The van der Waals surface area contributed by atoms with E-state index in [1.54, 1.807) is 0 Å². The molecular weight excluding hydrogens is 271 g/mol. The first-order chi connectivity index (χ1) is 9.70. The number of unbranched alkanes of at least 4 members (excludes halogenated alkanes) is 8. The molecule has 122 valence electrons. The van der Waals surface area contributed by atoms with Crippen molar-refractivity contribution in [2.75, 3.05) is 6.61 Å². The first-order valence-electron chi connectivity index (χ1n) is 8.49. The molecule has 3 nitrogen and oxygen atoms in total. The Morgan fingerprint density at radius 2 is 1.40 bits per heavy atom. The van der Waals surface area contributed by atoms with E-state index in [4.69, 9.17) is 9.05 Å². The van der Waals surface area contributed by atoms with Crippen LogP contribution in [0.2, 0.25) is 0 Å². The molecule has 0 aliphatic rings. The standard InChI is InChI=1S/C16H35O3P/c1-4-6-8-9-10-11-12-13-15-18-20(17)19-16(3)14-7-5-2/h16-17H,4-15H2,1-3H3. The predicted octanol–water partition coefficient (Wildman–Crippen LogP) is 5.96. The van der Waals surface area contributed by atoms with Crippen LogP contribution in [0.5, 0.6) is 0 Å². The third-order valence-electron chi connectivity index (χ3n) is 3.43. The summed E-state index contributed by atoms with van der Waals surface area (Å²) in [6.45, 7) is 7.03. The van der Waals surface area contributed by atoms with E-state index in [0.717, 1.165) is 25.7 Å². The van der Waals surface area contributed by atoms with Crippen molar-refractivity contribution in [1.29, 1.82) is 0 Å². The molecule has 0 radical (unpaired) electrons. The van der Waals surface area contributed by atoms with Gasteiger partial charge in [-0.1, -0.05) is 71.6 Å². The summed E-state index contributed by atoms with van der Waals surface area (Å²) < 4.78 is 10.8. The fourth-order valence-electron chi connectivity index (χ4n) is 2.11. The molecule has 0 saturated heterocycles. The highest BCUT2D eigenvalue weighted by atomic mass is 31.2. The van der Waals surface area contributed by atoms with Crippen molar-refractivity contribution < 1.29 is 13.9 Å². The Kier molecular flexibility index (Phi) is 15.9. The molecule has 0 rings (SSSR count). The van der Waals surface area contributed by atoms with Crippen LogP contribution in [-0.4, -0.2) is 17.6 Å². The summed E-state index contributed by atoms with van der Waals surface area (Å²) >= 11 is 0. The first kappa shape index (κ1) is 20.3. The summed E-state index contributed by atoms with van der Waals surface area (Å²) in [5.74, 6) is 0. The maximum Gasteiger partial charge on any atom is 0.330 e. The van der Waals surface area contributed by atoms with Gasteiger partial charge in [0.2, 0.25) is 0 Å². The largest absolute Gasteiger partial charge is 0.330 e. The van der Waals surface area contributed by atoms with Crippen molar-refractivity contribution in [3.8, 4) is 0 Å². The summed E-state index contributed by atoms with van der Waals surface area (Å²) in [6.07, 6.45) is 13.6. The van der Waals surface area contributed by atoms with Crippen LogP contribution in [0.25, 0.3) is 0 Å². The molecule has 0 aromatic carbocycles. The second-order valence-corrected chi connectivity index (χ2v) is 6.55. The Balaban J connectivity index is 3.24. The van der Waals surface area contributed by atoms with Gasteiger partial charge in [-0.15, -0.1) is 0 Å². The number of hydrogen-bond acceptors (Lipinski definition) is 3. The van der Waals surface area contributed by atoms with Gasteiger partial charge in [0.25, 0.3) is 0 Å². The minimum absolute atomic E-state index is 0.102. The molecule has 0 saturated carbocycles. The summed E-state index contributed by atoms with van der Waals surface area (Å²) in [7, 11) is -1.67. The molecule has 4 heteroatoms. The topological polar surface area (TPSA) is 38.7 Å². The molecule has 2 atom stereocenters. The van der Waals surface area contributed by atoms with Gasteiger partial charge in [-0.2, -0.15) is 0 Å². The molecule has 0 aliphatic heterocycles. The van der Waals surface area contributed by atoms with E-state index in [0.29, 0.717) is 6.61 Å². The van der Waals surface area contributed by atoms with Crippen molar-refractivity contribution in [1.82, 2.24) is 0 Å². The van der Waals surface area contributed by atoms with Gasteiger partial charge in [0.15, 0.2) is 0 Å². The highest BCUT2D eigenvalue weighted by Gasteiger charge is 2.11. The monoisotopic (exact) mass is 306 g/mol. The van der Waals surface area contributed by atoms with Gasteiger partial charge < -0.3 is 13.9 Å². The van der Waals surface area contributed by atoms with Gasteiger partial charge in [-0.05, 0) is 19.8 Å². The zero-order valence-corrected chi connectivity index (χ0v) is 14.7. The lowest BCUT2D eigenvalue weighted by Gasteiger charge is -2.16. The van der Waals surface area contributed by atoms with Crippen LogP contribution < -0.4 is 0 Å². The van der Waals surface area contributed by atoms with Gasteiger partial charge in [0.1, 0.15) is 0 Å². The van der Waals surface area contributed by atoms with Gasteiger partial charge in [0.05, 0.1) is 12.7 Å². The van der Waals surface area contributed by atoms with Crippen LogP contribution in [0, 0.1) is 0 Å². The van der Waals surface area contributed by atoms with Crippen LogP contribution in [0.15, 0.2) is 0 Å². The highest BCUT2D eigenvalue weighted by molar-refractivity contribution is 7.40.